The minimum absolute atomic E-state index is 0.00764. The van der Waals surface area contributed by atoms with Crippen LogP contribution in [-0.4, -0.2) is 32.5 Å². The van der Waals surface area contributed by atoms with Gasteiger partial charge in [-0.25, -0.2) is 0 Å². The number of hydrogen-bond donors (Lipinski definition) is 1. The van der Waals surface area contributed by atoms with Gasteiger partial charge in [0.1, 0.15) is 0 Å². The van der Waals surface area contributed by atoms with Crippen molar-refractivity contribution < 1.29 is 4.79 Å². The molecule has 2 heterocycles. The van der Waals surface area contributed by atoms with Gasteiger partial charge in [0.15, 0.2) is 5.69 Å². The van der Waals surface area contributed by atoms with Crippen molar-refractivity contribution in [2.75, 3.05) is 6.54 Å². The number of aryl methyl sites for hydroxylation is 1. The van der Waals surface area contributed by atoms with Crippen molar-refractivity contribution in [3.05, 3.63) is 47.0 Å². The van der Waals surface area contributed by atoms with Crippen LogP contribution in [0.3, 0.4) is 0 Å². The van der Waals surface area contributed by atoms with Gasteiger partial charge in [0.2, 0.25) is 0 Å². The van der Waals surface area contributed by atoms with Gasteiger partial charge in [-0.1, -0.05) is 6.07 Å². The molecule has 21 heavy (non-hydrogen) atoms. The predicted molar refractivity (Wildman–Crippen MR) is 80.0 cm³/mol. The van der Waals surface area contributed by atoms with Crippen molar-refractivity contribution in [1.29, 1.82) is 0 Å². The zero-order valence-corrected chi connectivity index (χ0v) is 12.5. The topological polar surface area (TPSA) is 61.9 Å². The smallest absolute Gasteiger partial charge is 0.275 e. The highest BCUT2D eigenvalue weighted by molar-refractivity contribution is 5.94. The Labute approximate surface area is 124 Å². The predicted octanol–water partition coefficient (Wildman–Crippen LogP) is 2.52. The first-order chi connectivity index (χ1) is 10.2. The van der Waals surface area contributed by atoms with Crippen molar-refractivity contribution in [2.24, 2.45) is 0 Å². The number of aromatic nitrogens is 3. The number of rotatable bonds is 4. The van der Waals surface area contributed by atoms with Crippen LogP contribution in [0.25, 0.3) is 0 Å². The Kier molecular flexibility index (Phi) is 3.73. The van der Waals surface area contributed by atoms with E-state index in [2.05, 4.69) is 15.2 Å². The molecule has 1 aliphatic carbocycles. The van der Waals surface area contributed by atoms with Crippen LogP contribution in [-0.2, 0) is 12.8 Å². The van der Waals surface area contributed by atoms with Gasteiger partial charge in [-0.2, -0.15) is 5.10 Å². The average molecular weight is 284 g/mol. The first kappa shape index (κ1) is 13.8. The summed E-state index contributed by atoms with van der Waals surface area (Å²) in [7, 11) is 0. The Morgan fingerprint density at radius 1 is 1.48 bits per heavy atom. The minimum Gasteiger partial charge on any atom is -0.331 e. The first-order valence-corrected chi connectivity index (χ1v) is 7.49. The Morgan fingerprint density at radius 3 is 3.05 bits per heavy atom. The molecule has 0 radical (unpaired) electrons. The van der Waals surface area contributed by atoms with Crippen molar-refractivity contribution in [2.45, 2.75) is 39.2 Å². The second-order valence-corrected chi connectivity index (χ2v) is 5.44. The molecule has 0 fully saturated rings. The van der Waals surface area contributed by atoms with Crippen LogP contribution in [0.5, 0.6) is 0 Å². The Balaban J connectivity index is 1.87. The molecule has 0 bridgehead atoms. The molecule has 5 nitrogen and oxygen atoms in total. The summed E-state index contributed by atoms with van der Waals surface area (Å²) < 4.78 is 0. The lowest BCUT2D eigenvalue weighted by molar-refractivity contribution is 0.0695. The SMILES string of the molecule is CCN(C(=O)c1n[nH]c2c1CCC2)C(C)c1cccnc1. The molecule has 110 valence electrons. The third kappa shape index (κ3) is 2.44. The van der Waals surface area contributed by atoms with E-state index in [1.165, 1.54) is 0 Å². The van der Waals surface area contributed by atoms with Crippen LogP contribution < -0.4 is 0 Å². The van der Waals surface area contributed by atoms with Crippen molar-refractivity contribution in [3.63, 3.8) is 0 Å². The lowest BCUT2D eigenvalue weighted by atomic mass is 10.1. The molecule has 0 saturated carbocycles. The van der Waals surface area contributed by atoms with Crippen molar-refractivity contribution >= 4 is 5.91 Å². The summed E-state index contributed by atoms with van der Waals surface area (Å²) in [5.74, 6) is 0.00764. The number of fused-ring (bicyclic) bond motifs is 1. The lowest BCUT2D eigenvalue weighted by Gasteiger charge is -2.27. The second-order valence-electron chi connectivity index (χ2n) is 5.44. The number of amides is 1. The molecule has 0 saturated heterocycles. The van der Waals surface area contributed by atoms with E-state index < -0.39 is 0 Å². The fourth-order valence-corrected chi connectivity index (χ4v) is 3.03. The normalized spacial score (nSPS) is 14.8. The van der Waals surface area contributed by atoms with E-state index in [4.69, 9.17) is 0 Å². The molecule has 0 aliphatic heterocycles. The highest BCUT2D eigenvalue weighted by atomic mass is 16.2. The van der Waals surface area contributed by atoms with E-state index in [0.29, 0.717) is 12.2 Å². The summed E-state index contributed by atoms with van der Waals surface area (Å²) in [6.07, 6.45) is 6.62. The number of nitrogens with zero attached hydrogens (tertiary/aromatic N) is 3. The number of carbonyl (C=O) groups excluding carboxylic acids is 1. The molecule has 1 unspecified atom stereocenters. The van der Waals surface area contributed by atoms with E-state index in [1.54, 1.807) is 6.20 Å². The molecule has 1 aliphatic rings. The standard InChI is InChI=1S/C16H20N4O/c1-3-20(11(2)12-6-5-9-17-10-12)16(21)15-13-7-4-8-14(13)18-19-15/h5-6,9-11H,3-4,7-8H2,1-2H3,(H,18,19). The third-order valence-electron chi connectivity index (χ3n) is 4.24. The number of carbonyl (C=O) groups is 1. The molecule has 5 heteroatoms. The van der Waals surface area contributed by atoms with Gasteiger partial charge < -0.3 is 4.90 Å². The molecule has 1 N–H and O–H groups in total. The number of aromatic amines is 1. The lowest BCUT2D eigenvalue weighted by Crippen LogP contribution is -2.34. The zero-order chi connectivity index (χ0) is 14.8. The van der Waals surface area contributed by atoms with Crippen molar-refractivity contribution in [1.82, 2.24) is 20.1 Å². The fourth-order valence-electron chi connectivity index (χ4n) is 3.03. The van der Waals surface area contributed by atoms with Gasteiger partial charge in [0.25, 0.3) is 5.91 Å². The fraction of sp³-hybridized carbons (Fsp3) is 0.438. The Hall–Kier alpha value is -2.17. The Bertz CT molecular complexity index is 635. The zero-order valence-electron chi connectivity index (χ0n) is 12.5. The van der Waals surface area contributed by atoms with Crippen LogP contribution in [0, 0.1) is 0 Å². The van der Waals surface area contributed by atoms with E-state index in [-0.39, 0.29) is 11.9 Å². The van der Waals surface area contributed by atoms with E-state index >= 15 is 0 Å². The second kappa shape index (κ2) is 5.68. The largest absolute Gasteiger partial charge is 0.331 e. The van der Waals surface area contributed by atoms with Crippen LogP contribution in [0.2, 0.25) is 0 Å². The molecule has 3 rings (SSSR count). The summed E-state index contributed by atoms with van der Waals surface area (Å²) in [5, 5.41) is 7.27. The van der Waals surface area contributed by atoms with Gasteiger partial charge >= 0.3 is 0 Å². The van der Waals surface area contributed by atoms with E-state index in [0.717, 1.165) is 36.1 Å². The van der Waals surface area contributed by atoms with Crippen LogP contribution in [0.1, 0.15) is 53.6 Å². The summed E-state index contributed by atoms with van der Waals surface area (Å²) in [4.78, 5) is 18.8. The summed E-state index contributed by atoms with van der Waals surface area (Å²) in [5.41, 5.74) is 3.88. The molecule has 2 aromatic heterocycles. The molecule has 0 aromatic carbocycles. The molecule has 0 spiro atoms. The molecular weight excluding hydrogens is 264 g/mol. The maximum Gasteiger partial charge on any atom is 0.275 e. The molecule has 2 aromatic rings. The summed E-state index contributed by atoms with van der Waals surface area (Å²) in [6, 6.07) is 3.89. The third-order valence-corrected chi connectivity index (χ3v) is 4.24. The highest BCUT2D eigenvalue weighted by Crippen LogP contribution is 2.26. The van der Waals surface area contributed by atoms with Gasteiger partial charge in [-0.05, 0) is 44.7 Å². The number of pyridine rings is 1. The summed E-state index contributed by atoms with van der Waals surface area (Å²) in [6.45, 7) is 4.68. The molecular formula is C16H20N4O. The summed E-state index contributed by atoms with van der Waals surface area (Å²) >= 11 is 0. The van der Waals surface area contributed by atoms with Gasteiger partial charge in [-0.3, -0.25) is 14.9 Å². The van der Waals surface area contributed by atoms with E-state index in [9.17, 15) is 4.79 Å². The molecule has 1 amide bonds. The maximum absolute atomic E-state index is 12.8. The van der Waals surface area contributed by atoms with Crippen LogP contribution in [0.15, 0.2) is 24.5 Å². The van der Waals surface area contributed by atoms with Gasteiger partial charge in [0, 0.05) is 30.2 Å². The maximum atomic E-state index is 12.8. The molecule has 1 atom stereocenters. The number of nitrogens with one attached hydrogen (secondary N) is 1. The number of hydrogen-bond acceptors (Lipinski definition) is 3. The van der Waals surface area contributed by atoms with Gasteiger partial charge in [-0.15, -0.1) is 0 Å². The first-order valence-electron chi connectivity index (χ1n) is 7.49. The average Bonchev–Trinajstić information content (AvgIpc) is 3.11. The Morgan fingerprint density at radius 2 is 2.33 bits per heavy atom. The van der Waals surface area contributed by atoms with E-state index in [1.807, 2.05) is 37.1 Å². The number of H-pyrrole nitrogens is 1. The van der Waals surface area contributed by atoms with Crippen LogP contribution >= 0.6 is 0 Å². The van der Waals surface area contributed by atoms with Gasteiger partial charge in [0.05, 0.1) is 6.04 Å². The monoisotopic (exact) mass is 284 g/mol. The quantitative estimate of drug-likeness (QED) is 0.938. The highest BCUT2D eigenvalue weighted by Gasteiger charge is 2.28. The minimum atomic E-state index is -0.00930. The van der Waals surface area contributed by atoms with Crippen LogP contribution in [0.4, 0.5) is 0 Å². The van der Waals surface area contributed by atoms with Crippen molar-refractivity contribution in [3.8, 4) is 0 Å².